The molecule has 4 unspecified atom stereocenters. The fraction of sp³-hybridized carbons (Fsp3) is 0.464. The number of halogens is 3. The number of hydrogen-bond donors (Lipinski definition) is 3. The van der Waals surface area contributed by atoms with Gasteiger partial charge < -0.3 is 20.8 Å². The number of benzene rings is 2. The van der Waals surface area contributed by atoms with Gasteiger partial charge in [-0.2, -0.15) is 13.2 Å². The largest absolute Gasteiger partial charge is 0.423 e. The molecule has 3 aromatic rings. The van der Waals surface area contributed by atoms with Crippen molar-refractivity contribution in [3.05, 3.63) is 83.6 Å². The molecule has 2 aromatic carbocycles. The van der Waals surface area contributed by atoms with Gasteiger partial charge in [-0.05, 0) is 50.3 Å². The van der Waals surface area contributed by atoms with Gasteiger partial charge in [0.2, 0.25) is 17.7 Å². The molecule has 5 atom stereocenters. The molecule has 4 rings (SSSR count). The molecule has 0 aliphatic heterocycles. The first-order valence-corrected chi connectivity index (χ1v) is 12.9. The third-order valence-corrected chi connectivity index (χ3v) is 7.01. The Kier molecular flexibility index (Phi) is 8.52. The average Bonchev–Trinajstić information content (AvgIpc) is 3.39. The highest BCUT2D eigenvalue weighted by Gasteiger charge is 2.44. The van der Waals surface area contributed by atoms with Gasteiger partial charge in [0.15, 0.2) is 6.04 Å². The zero-order valence-corrected chi connectivity index (χ0v) is 21.5. The van der Waals surface area contributed by atoms with Gasteiger partial charge in [-0.15, -0.1) is 10.2 Å². The number of nitrogens with two attached hydrogens (primary N) is 1. The average molecular weight is 530 g/mol. The van der Waals surface area contributed by atoms with E-state index in [9.17, 15) is 18.0 Å². The molecule has 204 valence electrons. The van der Waals surface area contributed by atoms with Crippen LogP contribution in [-0.2, 0) is 16.8 Å². The Bertz CT molecular complexity index is 1180. The van der Waals surface area contributed by atoms with E-state index in [1.54, 1.807) is 6.07 Å². The van der Waals surface area contributed by atoms with E-state index in [4.69, 9.17) is 10.2 Å². The van der Waals surface area contributed by atoms with Crippen LogP contribution in [0.15, 0.2) is 65.1 Å². The van der Waals surface area contributed by atoms with Crippen LogP contribution in [0.2, 0.25) is 0 Å². The number of rotatable bonds is 9. The molecule has 1 aliphatic carbocycles. The van der Waals surface area contributed by atoms with E-state index in [-0.39, 0.29) is 23.4 Å². The maximum absolute atomic E-state index is 13.9. The SMILES string of the molecule is CCNC1CC(C(=O)NC(c2ccccc2)C(F)(F)F)CC(c2nnc([C@](C)(N)Cc3ccccc3)o2)C1. The second kappa shape index (κ2) is 11.7. The molecule has 1 heterocycles. The van der Waals surface area contributed by atoms with Crippen molar-refractivity contribution in [2.45, 2.75) is 69.2 Å². The summed E-state index contributed by atoms with van der Waals surface area (Å²) in [6, 6.07) is 15.0. The zero-order chi connectivity index (χ0) is 27.3. The fourth-order valence-electron chi connectivity index (χ4n) is 5.18. The molecule has 10 heteroatoms. The zero-order valence-electron chi connectivity index (χ0n) is 21.5. The van der Waals surface area contributed by atoms with Crippen LogP contribution >= 0.6 is 0 Å². The Labute approximate surface area is 220 Å². The molecular weight excluding hydrogens is 495 g/mol. The number of alkyl halides is 3. The van der Waals surface area contributed by atoms with E-state index in [2.05, 4.69) is 20.8 Å². The van der Waals surface area contributed by atoms with E-state index in [0.717, 1.165) is 5.56 Å². The van der Waals surface area contributed by atoms with Gasteiger partial charge in [-0.3, -0.25) is 4.79 Å². The first-order valence-electron chi connectivity index (χ1n) is 12.9. The number of carbonyl (C=O) groups is 1. The van der Waals surface area contributed by atoms with Crippen molar-refractivity contribution in [1.82, 2.24) is 20.8 Å². The predicted octanol–water partition coefficient (Wildman–Crippen LogP) is 4.77. The minimum absolute atomic E-state index is 0.00821. The lowest BCUT2D eigenvalue weighted by Gasteiger charge is -2.34. The second-order valence-corrected chi connectivity index (χ2v) is 10.3. The minimum Gasteiger partial charge on any atom is -0.423 e. The number of nitrogens with zero attached hydrogens (tertiary/aromatic N) is 2. The molecule has 1 fully saturated rings. The van der Waals surface area contributed by atoms with Crippen molar-refractivity contribution in [3.63, 3.8) is 0 Å². The molecule has 1 aromatic heterocycles. The molecule has 0 radical (unpaired) electrons. The summed E-state index contributed by atoms with van der Waals surface area (Å²) in [6.45, 7) is 4.42. The molecule has 0 bridgehead atoms. The number of hydrogen-bond acceptors (Lipinski definition) is 6. The summed E-state index contributed by atoms with van der Waals surface area (Å²) in [5, 5.41) is 14.1. The molecule has 7 nitrogen and oxygen atoms in total. The van der Waals surface area contributed by atoms with Crippen molar-refractivity contribution in [2.24, 2.45) is 11.7 Å². The smallest absolute Gasteiger partial charge is 0.412 e. The van der Waals surface area contributed by atoms with Gasteiger partial charge in [-0.1, -0.05) is 67.6 Å². The molecule has 38 heavy (non-hydrogen) atoms. The maximum Gasteiger partial charge on any atom is 0.412 e. The number of nitrogens with one attached hydrogen (secondary N) is 2. The van der Waals surface area contributed by atoms with E-state index in [1.165, 1.54) is 24.3 Å². The Morgan fingerprint density at radius 1 is 1.05 bits per heavy atom. The molecular formula is C28H34F3N5O2. The Morgan fingerprint density at radius 2 is 1.71 bits per heavy atom. The highest BCUT2D eigenvalue weighted by molar-refractivity contribution is 5.79. The van der Waals surface area contributed by atoms with E-state index in [0.29, 0.717) is 38.1 Å². The third kappa shape index (κ3) is 6.79. The van der Waals surface area contributed by atoms with Crippen LogP contribution in [0, 0.1) is 5.92 Å². The van der Waals surface area contributed by atoms with Crippen molar-refractivity contribution in [2.75, 3.05) is 6.54 Å². The van der Waals surface area contributed by atoms with Crippen molar-refractivity contribution in [3.8, 4) is 0 Å². The second-order valence-electron chi connectivity index (χ2n) is 10.3. The van der Waals surface area contributed by atoms with E-state index < -0.39 is 29.6 Å². The predicted molar refractivity (Wildman–Crippen MR) is 137 cm³/mol. The lowest BCUT2D eigenvalue weighted by molar-refractivity contribution is -0.165. The first-order chi connectivity index (χ1) is 18.1. The highest BCUT2D eigenvalue weighted by Crippen LogP contribution is 2.39. The number of amides is 1. The quantitative estimate of drug-likeness (QED) is 0.369. The van der Waals surface area contributed by atoms with Crippen molar-refractivity contribution in [1.29, 1.82) is 0 Å². The van der Waals surface area contributed by atoms with Gasteiger partial charge in [0.25, 0.3) is 0 Å². The van der Waals surface area contributed by atoms with Crippen LogP contribution in [0.25, 0.3) is 0 Å². The van der Waals surface area contributed by atoms with Gasteiger partial charge in [0.05, 0.1) is 5.54 Å². The van der Waals surface area contributed by atoms with Crippen LogP contribution in [0.1, 0.15) is 68.0 Å². The first kappa shape index (κ1) is 27.8. The standard InChI is InChI=1S/C28H34F3N5O2/c1-3-33-22-15-20(24(37)34-23(28(29,30)31)19-12-8-5-9-13-19)14-21(16-22)25-35-36-26(38-25)27(2,32)17-18-10-6-4-7-11-18/h4-13,20-23,33H,3,14-17,32H2,1-2H3,(H,34,37)/t20?,21?,22?,23?,27-/m1/s1. The van der Waals surface area contributed by atoms with Crippen LogP contribution < -0.4 is 16.4 Å². The molecule has 0 spiro atoms. The lowest BCUT2D eigenvalue weighted by Crippen LogP contribution is -2.45. The third-order valence-electron chi connectivity index (χ3n) is 7.01. The Hall–Kier alpha value is -3.24. The highest BCUT2D eigenvalue weighted by atomic mass is 19.4. The maximum atomic E-state index is 13.9. The summed E-state index contributed by atoms with van der Waals surface area (Å²) < 4.78 is 47.6. The lowest BCUT2D eigenvalue weighted by atomic mass is 9.77. The number of carbonyl (C=O) groups excluding carboxylic acids is 1. The molecule has 1 saturated carbocycles. The fourth-order valence-corrected chi connectivity index (χ4v) is 5.18. The molecule has 0 saturated heterocycles. The normalized spacial score (nSPS) is 22.4. The Balaban J connectivity index is 1.51. The summed E-state index contributed by atoms with van der Waals surface area (Å²) in [5.74, 6) is -0.963. The van der Waals surface area contributed by atoms with Crippen LogP contribution in [-0.4, -0.2) is 34.9 Å². The summed E-state index contributed by atoms with van der Waals surface area (Å²) in [7, 11) is 0. The summed E-state index contributed by atoms with van der Waals surface area (Å²) in [4.78, 5) is 13.2. The monoisotopic (exact) mass is 529 g/mol. The summed E-state index contributed by atoms with van der Waals surface area (Å²) in [5.41, 5.74) is 6.64. The Morgan fingerprint density at radius 3 is 2.34 bits per heavy atom. The summed E-state index contributed by atoms with van der Waals surface area (Å²) >= 11 is 0. The van der Waals surface area contributed by atoms with Crippen LogP contribution in [0.3, 0.4) is 0 Å². The van der Waals surface area contributed by atoms with Gasteiger partial charge >= 0.3 is 6.18 Å². The summed E-state index contributed by atoms with van der Waals surface area (Å²) in [6.07, 6.45) is -2.80. The topological polar surface area (TPSA) is 106 Å². The van der Waals surface area contributed by atoms with Crippen LogP contribution in [0.4, 0.5) is 13.2 Å². The molecule has 1 amide bonds. The number of aromatic nitrogens is 2. The minimum atomic E-state index is -4.63. The molecule has 1 aliphatic rings. The van der Waals surface area contributed by atoms with Crippen molar-refractivity contribution >= 4 is 5.91 Å². The molecule has 4 N–H and O–H groups in total. The van der Waals surface area contributed by atoms with Gasteiger partial charge in [-0.25, -0.2) is 0 Å². The van der Waals surface area contributed by atoms with Gasteiger partial charge in [0.1, 0.15) is 0 Å². The van der Waals surface area contributed by atoms with Crippen molar-refractivity contribution < 1.29 is 22.4 Å². The van der Waals surface area contributed by atoms with Gasteiger partial charge in [0, 0.05) is 17.9 Å². The van der Waals surface area contributed by atoms with Crippen LogP contribution in [0.5, 0.6) is 0 Å². The van der Waals surface area contributed by atoms with E-state index >= 15 is 0 Å². The van der Waals surface area contributed by atoms with E-state index in [1.807, 2.05) is 44.2 Å².